The number of carbonyl (C=O) groups excluding carboxylic acids is 1. The Hall–Kier alpha value is -2.88. The summed E-state index contributed by atoms with van der Waals surface area (Å²) < 4.78 is 0. The third-order valence-corrected chi connectivity index (χ3v) is 2.91. The van der Waals surface area contributed by atoms with E-state index in [1.165, 1.54) is 11.8 Å². The predicted octanol–water partition coefficient (Wildman–Crippen LogP) is 3.38. The summed E-state index contributed by atoms with van der Waals surface area (Å²) in [4.78, 5) is 24.8. The van der Waals surface area contributed by atoms with Crippen molar-refractivity contribution in [1.29, 1.82) is 0 Å². The molecule has 0 spiro atoms. The van der Waals surface area contributed by atoms with Crippen molar-refractivity contribution in [2.75, 3.05) is 4.90 Å². The Labute approximate surface area is 123 Å². The fraction of sp³-hybridized carbons (Fsp3) is 0.0588. The zero-order chi connectivity index (χ0) is 15.2. The average molecular weight is 281 g/mol. The largest absolute Gasteiger partial charge is 0.478 e. The minimum Gasteiger partial charge on any atom is -0.478 e. The molecule has 4 heteroatoms. The van der Waals surface area contributed by atoms with Gasteiger partial charge >= 0.3 is 5.97 Å². The lowest BCUT2D eigenvalue weighted by Gasteiger charge is -2.23. The molecule has 0 atom stereocenters. The van der Waals surface area contributed by atoms with Crippen LogP contribution in [0.5, 0.6) is 0 Å². The van der Waals surface area contributed by atoms with Crippen molar-refractivity contribution in [3.8, 4) is 0 Å². The molecule has 106 valence electrons. The van der Waals surface area contributed by atoms with E-state index in [4.69, 9.17) is 5.11 Å². The molecule has 0 unspecified atom stereocenters. The van der Waals surface area contributed by atoms with Crippen LogP contribution in [0.2, 0.25) is 0 Å². The number of hydrogen-bond acceptors (Lipinski definition) is 2. The monoisotopic (exact) mass is 281 g/mol. The van der Waals surface area contributed by atoms with Gasteiger partial charge in [0.1, 0.15) is 0 Å². The molecule has 0 bridgehead atoms. The van der Waals surface area contributed by atoms with Crippen LogP contribution in [0.4, 0.5) is 11.4 Å². The molecule has 0 aliphatic heterocycles. The zero-order valence-electron chi connectivity index (χ0n) is 11.6. The summed E-state index contributed by atoms with van der Waals surface area (Å²) in [5, 5.41) is 8.81. The van der Waals surface area contributed by atoms with Crippen LogP contribution in [-0.2, 0) is 9.59 Å². The Morgan fingerprint density at radius 3 is 1.71 bits per heavy atom. The third-order valence-electron chi connectivity index (χ3n) is 2.91. The first-order chi connectivity index (χ1) is 10.1. The van der Waals surface area contributed by atoms with Gasteiger partial charge < -0.3 is 5.11 Å². The van der Waals surface area contributed by atoms with Crippen LogP contribution in [0.15, 0.2) is 72.3 Å². The Morgan fingerprint density at radius 2 is 1.33 bits per heavy atom. The number of para-hydroxylation sites is 2. The molecular formula is C17H15NO3. The van der Waals surface area contributed by atoms with Crippen molar-refractivity contribution in [1.82, 2.24) is 0 Å². The summed E-state index contributed by atoms with van der Waals surface area (Å²) in [6, 6.07) is 18.2. The van der Waals surface area contributed by atoms with Crippen molar-refractivity contribution < 1.29 is 14.7 Å². The normalized spacial score (nSPS) is 11.0. The van der Waals surface area contributed by atoms with Gasteiger partial charge in [-0.3, -0.25) is 9.69 Å². The predicted molar refractivity (Wildman–Crippen MR) is 81.4 cm³/mol. The second-order valence-corrected chi connectivity index (χ2v) is 4.48. The van der Waals surface area contributed by atoms with Gasteiger partial charge in [0.2, 0.25) is 0 Å². The lowest BCUT2D eigenvalue weighted by molar-refractivity contribution is -0.131. The Bertz CT molecular complexity index is 623. The highest BCUT2D eigenvalue weighted by Gasteiger charge is 2.19. The average Bonchev–Trinajstić information content (AvgIpc) is 2.49. The number of rotatable bonds is 4. The lowest BCUT2D eigenvalue weighted by atomic mass is 10.1. The van der Waals surface area contributed by atoms with Crippen LogP contribution >= 0.6 is 0 Å². The van der Waals surface area contributed by atoms with Gasteiger partial charge in [0.25, 0.3) is 5.91 Å². The van der Waals surface area contributed by atoms with Crippen LogP contribution in [0.1, 0.15) is 6.92 Å². The van der Waals surface area contributed by atoms with Crippen molar-refractivity contribution >= 4 is 23.3 Å². The molecule has 0 aromatic heterocycles. The Morgan fingerprint density at radius 1 is 0.905 bits per heavy atom. The van der Waals surface area contributed by atoms with E-state index in [0.717, 1.165) is 6.08 Å². The Balaban J connectivity index is 2.47. The molecule has 21 heavy (non-hydrogen) atoms. The first-order valence-electron chi connectivity index (χ1n) is 6.45. The van der Waals surface area contributed by atoms with Crippen molar-refractivity contribution in [2.45, 2.75) is 6.92 Å². The van der Waals surface area contributed by atoms with Crippen LogP contribution in [0, 0.1) is 0 Å². The smallest absolute Gasteiger partial charge is 0.328 e. The van der Waals surface area contributed by atoms with Gasteiger partial charge in [-0.05, 0) is 31.2 Å². The molecule has 4 nitrogen and oxygen atoms in total. The maximum Gasteiger partial charge on any atom is 0.328 e. The highest BCUT2D eigenvalue weighted by atomic mass is 16.4. The number of anilines is 2. The molecule has 0 fully saturated rings. The SMILES string of the molecule is C/C(=C/C(=O)O)C(=O)N(c1ccccc1)c1ccccc1. The van der Waals surface area contributed by atoms with Gasteiger partial charge in [0, 0.05) is 23.0 Å². The number of aliphatic carboxylic acids is 1. The first kappa shape index (κ1) is 14.5. The molecule has 0 radical (unpaired) electrons. The maximum atomic E-state index is 12.6. The summed E-state index contributed by atoms with van der Waals surface area (Å²) in [7, 11) is 0. The van der Waals surface area contributed by atoms with Gasteiger partial charge in [0.15, 0.2) is 0 Å². The van der Waals surface area contributed by atoms with E-state index in [2.05, 4.69) is 0 Å². The standard InChI is InChI=1S/C17H15NO3/c1-13(12-16(19)20)17(21)18(14-8-4-2-5-9-14)15-10-6-3-7-11-15/h2-12H,1H3,(H,19,20)/b13-12-. The van der Waals surface area contributed by atoms with Crippen molar-refractivity contribution in [2.24, 2.45) is 0 Å². The van der Waals surface area contributed by atoms with Crippen molar-refractivity contribution in [3.63, 3.8) is 0 Å². The Kier molecular flexibility index (Phi) is 4.51. The molecule has 0 saturated carbocycles. The van der Waals surface area contributed by atoms with E-state index in [0.29, 0.717) is 11.4 Å². The van der Waals surface area contributed by atoms with E-state index in [1.54, 1.807) is 24.3 Å². The number of carboxylic acids is 1. The second-order valence-electron chi connectivity index (χ2n) is 4.48. The van der Waals surface area contributed by atoms with E-state index in [-0.39, 0.29) is 11.5 Å². The highest BCUT2D eigenvalue weighted by molar-refractivity contribution is 6.12. The number of hydrogen-bond donors (Lipinski definition) is 1. The first-order valence-corrected chi connectivity index (χ1v) is 6.45. The van der Waals surface area contributed by atoms with E-state index >= 15 is 0 Å². The molecule has 2 aromatic rings. The molecule has 0 aliphatic rings. The molecule has 2 aromatic carbocycles. The summed E-state index contributed by atoms with van der Waals surface area (Å²) >= 11 is 0. The summed E-state index contributed by atoms with van der Waals surface area (Å²) in [6.45, 7) is 1.50. The van der Waals surface area contributed by atoms with Crippen LogP contribution in [-0.4, -0.2) is 17.0 Å². The zero-order valence-corrected chi connectivity index (χ0v) is 11.6. The van der Waals surface area contributed by atoms with E-state index in [1.807, 2.05) is 36.4 Å². The minimum atomic E-state index is -1.14. The number of carboxylic acid groups (broad SMARTS) is 1. The molecule has 0 heterocycles. The topological polar surface area (TPSA) is 57.6 Å². The van der Waals surface area contributed by atoms with E-state index in [9.17, 15) is 9.59 Å². The summed E-state index contributed by atoms with van der Waals surface area (Å²) in [6.07, 6.45) is 0.918. The summed E-state index contributed by atoms with van der Waals surface area (Å²) in [5.41, 5.74) is 1.54. The summed E-state index contributed by atoms with van der Waals surface area (Å²) in [5.74, 6) is -1.50. The van der Waals surface area contributed by atoms with Gasteiger partial charge in [-0.1, -0.05) is 36.4 Å². The van der Waals surface area contributed by atoms with Crippen LogP contribution in [0.3, 0.4) is 0 Å². The van der Waals surface area contributed by atoms with Gasteiger partial charge in [-0.25, -0.2) is 4.79 Å². The third kappa shape index (κ3) is 3.57. The molecule has 2 rings (SSSR count). The highest BCUT2D eigenvalue weighted by Crippen LogP contribution is 2.26. The maximum absolute atomic E-state index is 12.6. The van der Waals surface area contributed by atoms with Crippen LogP contribution in [0.25, 0.3) is 0 Å². The second kappa shape index (κ2) is 6.52. The number of carbonyl (C=O) groups is 2. The molecule has 0 saturated heterocycles. The van der Waals surface area contributed by atoms with Crippen LogP contribution < -0.4 is 4.90 Å². The van der Waals surface area contributed by atoms with Gasteiger partial charge in [0.05, 0.1) is 0 Å². The number of benzene rings is 2. The van der Waals surface area contributed by atoms with E-state index < -0.39 is 5.97 Å². The fourth-order valence-corrected chi connectivity index (χ4v) is 1.96. The number of nitrogens with zero attached hydrogens (tertiary/aromatic N) is 1. The number of amides is 1. The molecular weight excluding hydrogens is 266 g/mol. The fourth-order valence-electron chi connectivity index (χ4n) is 1.96. The molecule has 0 aliphatic carbocycles. The van der Waals surface area contributed by atoms with Gasteiger partial charge in [-0.15, -0.1) is 0 Å². The molecule has 1 N–H and O–H groups in total. The molecule has 1 amide bonds. The van der Waals surface area contributed by atoms with Crippen molar-refractivity contribution in [3.05, 3.63) is 72.3 Å². The van der Waals surface area contributed by atoms with Gasteiger partial charge in [-0.2, -0.15) is 0 Å². The quantitative estimate of drug-likeness (QED) is 0.874. The lowest BCUT2D eigenvalue weighted by Crippen LogP contribution is -2.26. The minimum absolute atomic E-state index is 0.162.